The number of nitrogens with two attached hydrogens (primary N) is 1. The van der Waals surface area contributed by atoms with Crippen LogP contribution in [-0.2, 0) is 13.1 Å². The summed E-state index contributed by atoms with van der Waals surface area (Å²) < 4.78 is 14.2. The van der Waals surface area contributed by atoms with Gasteiger partial charge in [-0.05, 0) is 31.7 Å². The van der Waals surface area contributed by atoms with Gasteiger partial charge < -0.3 is 5.73 Å². The van der Waals surface area contributed by atoms with Crippen molar-refractivity contribution < 1.29 is 4.39 Å². The van der Waals surface area contributed by atoms with Crippen molar-refractivity contribution in [1.82, 2.24) is 4.90 Å². The van der Waals surface area contributed by atoms with E-state index in [-0.39, 0.29) is 18.4 Å². The van der Waals surface area contributed by atoms with Crippen molar-refractivity contribution in [3.63, 3.8) is 0 Å². The second-order valence-electron chi connectivity index (χ2n) is 5.24. The minimum Gasteiger partial charge on any atom is -0.326 e. The van der Waals surface area contributed by atoms with Gasteiger partial charge in [0.25, 0.3) is 0 Å². The van der Waals surface area contributed by atoms with Crippen LogP contribution in [0.4, 0.5) is 4.39 Å². The van der Waals surface area contributed by atoms with Gasteiger partial charge in [0.05, 0.1) is 0 Å². The maximum absolute atomic E-state index is 14.2. The van der Waals surface area contributed by atoms with E-state index in [1.807, 2.05) is 37.4 Å². The number of nitrogens with zero attached hydrogens (tertiary/aromatic N) is 1. The first kappa shape index (κ1) is 16.0. The van der Waals surface area contributed by atoms with Gasteiger partial charge in [0.2, 0.25) is 0 Å². The van der Waals surface area contributed by atoms with Crippen LogP contribution in [-0.4, -0.2) is 11.9 Å². The zero-order valence-electron chi connectivity index (χ0n) is 12.3. The Morgan fingerprint density at radius 3 is 2.38 bits per heavy atom. The molecule has 0 aliphatic rings. The Morgan fingerprint density at radius 2 is 1.76 bits per heavy atom. The Hall–Kier alpha value is -1.42. The van der Waals surface area contributed by atoms with Gasteiger partial charge in [-0.15, -0.1) is 0 Å². The number of benzene rings is 2. The SMILES string of the molecule is CC(c1ccc(Cl)cc1)N(C)Cc1cccc(CN)c1F. The number of hydrogen-bond donors (Lipinski definition) is 1. The average Bonchev–Trinajstić information content (AvgIpc) is 2.49. The first-order valence-electron chi connectivity index (χ1n) is 6.95. The highest BCUT2D eigenvalue weighted by atomic mass is 35.5. The molecule has 0 aromatic heterocycles. The molecule has 2 rings (SSSR count). The van der Waals surface area contributed by atoms with Gasteiger partial charge in [0, 0.05) is 35.3 Å². The van der Waals surface area contributed by atoms with Crippen molar-refractivity contribution in [3.05, 3.63) is 70.0 Å². The van der Waals surface area contributed by atoms with Gasteiger partial charge in [-0.25, -0.2) is 4.39 Å². The first-order valence-corrected chi connectivity index (χ1v) is 7.32. The zero-order valence-corrected chi connectivity index (χ0v) is 13.1. The van der Waals surface area contributed by atoms with Gasteiger partial charge >= 0.3 is 0 Å². The Morgan fingerprint density at radius 1 is 1.14 bits per heavy atom. The van der Waals surface area contributed by atoms with Crippen LogP contribution < -0.4 is 5.73 Å². The van der Waals surface area contributed by atoms with Crippen molar-refractivity contribution >= 4 is 11.6 Å². The van der Waals surface area contributed by atoms with Crippen molar-refractivity contribution in [3.8, 4) is 0 Å². The molecule has 0 saturated heterocycles. The van der Waals surface area contributed by atoms with E-state index in [0.29, 0.717) is 17.7 Å². The third kappa shape index (κ3) is 3.82. The van der Waals surface area contributed by atoms with Crippen molar-refractivity contribution in [2.24, 2.45) is 5.73 Å². The molecule has 0 radical (unpaired) electrons. The molecule has 0 heterocycles. The molecular weight excluding hydrogens is 287 g/mol. The summed E-state index contributed by atoms with van der Waals surface area (Å²) in [5.74, 6) is -0.199. The summed E-state index contributed by atoms with van der Waals surface area (Å²) in [5.41, 5.74) is 7.92. The van der Waals surface area contributed by atoms with Crippen LogP contribution in [0.3, 0.4) is 0 Å². The molecular formula is C17H20ClFN2. The summed E-state index contributed by atoms with van der Waals surface area (Å²) in [6, 6.07) is 13.3. The van der Waals surface area contributed by atoms with Crippen molar-refractivity contribution in [1.29, 1.82) is 0 Å². The second kappa shape index (κ2) is 7.03. The lowest BCUT2D eigenvalue weighted by atomic mass is 10.1. The molecule has 0 amide bonds. The summed E-state index contributed by atoms with van der Waals surface area (Å²) in [6.45, 7) is 2.84. The van der Waals surface area contributed by atoms with E-state index in [2.05, 4.69) is 11.8 Å². The van der Waals surface area contributed by atoms with E-state index in [4.69, 9.17) is 17.3 Å². The molecule has 2 nitrogen and oxygen atoms in total. The number of hydrogen-bond acceptors (Lipinski definition) is 2. The topological polar surface area (TPSA) is 29.3 Å². The van der Waals surface area contributed by atoms with Gasteiger partial charge in [-0.1, -0.05) is 41.9 Å². The van der Waals surface area contributed by atoms with Gasteiger partial charge in [-0.3, -0.25) is 4.90 Å². The standard InChI is InChI=1S/C17H20ClFN2/c1-12(13-6-8-16(18)9-7-13)21(2)11-15-5-3-4-14(10-20)17(15)19/h3-9,12H,10-11,20H2,1-2H3. The van der Waals surface area contributed by atoms with E-state index in [9.17, 15) is 4.39 Å². The van der Waals surface area contributed by atoms with Gasteiger partial charge in [-0.2, -0.15) is 0 Å². The van der Waals surface area contributed by atoms with E-state index >= 15 is 0 Å². The monoisotopic (exact) mass is 306 g/mol. The fourth-order valence-electron chi connectivity index (χ4n) is 2.31. The Balaban J connectivity index is 2.14. The molecule has 4 heteroatoms. The van der Waals surface area contributed by atoms with Crippen molar-refractivity contribution in [2.75, 3.05) is 7.05 Å². The van der Waals surface area contributed by atoms with Gasteiger partial charge in [0.15, 0.2) is 0 Å². The largest absolute Gasteiger partial charge is 0.326 e. The quantitative estimate of drug-likeness (QED) is 0.900. The Kier molecular flexibility index (Phi) is 5.34. The maximum atomic E-state index is 14.2. The van der Waals surface area contributed by atoms with E-state index in [1.165, 1.54) is 0 Å². The highest BCUT2D eigenvalue weighted by molar-refractivity contribution is 6.30. The zero-order chi connectivity index (χ0) is 15.4. The lowest BCUT2D eigenvalue weighted by Crippen LogP contribution is -2.22. The average molecular weight is 307 g/mol. The lowest BCUT2D eigenvalue weighted by Gasteiger charge is -2.25. The minimum atomic E-state index is -0.199. The van der Waals surface area contributed by atoms with Gasteiger partial charge in [0.1, 0.15) is 5.82 Å². The Labute approximate surface area is 130 Å². The summed E-state index contributed by atoms with van der Waals surface area (Å²) in [6.07, 6.45) is 0. The first-order chi connectivity index (χ1) is 10.0. The Bertz CT molecular complexity index is 598. The minimum absolute atomic E-state index is 0.170. The summed E-state index contributed by atoms with van der Waals surface area (Å²) >= 11 is 5.90. The van der Waals surface area contributed by atoms with Crippen LogP contribution in [0.5, 0.6) is 0 Å². The molecule has 1 atom stereocenters. The molecule has 0 saturated carbocycles. The van der Waals surface area contributed by atoms with Crippen LogP contribution >= 0.6 is 11.6 Å². The molecule has 2 aromatic carbocycles. The van der Waals surface area contributed by atoms with Crippen LogP contribution in [0, 0.1) is 5.82 Å². The molecule has 1 unspecified atom stereocenters. The second-order valence-corrected chi connectivity index (χ2v) is 5.67. The fourth-order valence-corrected chi connectivity index (χ4v) is 2.44. The summed E-state index contributed by atoms with van der Waals surface area (Å²) in [4.78, 5) is 2.10. The van der Waals surface area contributed by atoms with E-state index < -0.39 is 0 Å². The molecule has 2 N–H and O–H groups in total. The highest BCUT2D eigenvalue weighted by Crippen LogP contribution is 2.23. The fraction of sp³-hybridized carbons (Fsp3) is 0.294. The molecule has 0 aliphatic carbocycles. The van der Waals surface area contributed by atoms with Crippen LogP contribution in [0.1, 0.15) is 29.7 Å². The molecule has 21 heavy (non-hydrogen) atoms. The van der Waals surface area contributed by atoms with Crippen molar-refractivity contribution in [2.45, 2.75) is 26.1 Å². The number of rotatable bonds is 5. The third-order valence-electron chi connectivity index (χ3n) is 3.81. The smallest absolute Gasteiger partial charge is 0.132 e. The lowest BCUT2D eigenvalue weighted by molar-refractivity contribution is 0.249. The van der Waals surface area contributed by atoms with E-state index in [0.717, 1.165) is 10.6 Å². The molecule has 2 aromatic rings. The molecule has 0 spiro atoms. The predicted octanol–water partition coefficient (Wildman–Crippen LogP) is 4.13. The maximum Gasteiger partial charge on any atom is 0.132 e. The summed E-state index contributed by atoms with van der Waals surface area (Å²) in [7, 11) is 1.98. The van der Waals surface area contributed by atoms with Crippen LogP contribution in [0.2, 0.25) is 5.02 Å². The normalized spacial score (nSPS) is 12.7. The number of halogens is 2. The molecule has 0 aliphatic heterocycles. The molecule has 0 bridgehead atoms. The molecule has 0 fully saturated rings. The van der Waals surface area contributed by atoms with Crippen LogP contribution in [0.25, 0.3) is 0 Å². The van der Waals surface area contributed by atoms with Crippen LogP contribution in [0.15, 0.2) is 42.5 Å². The highest BCUT2D eigenvalue weighted by Gasteiger charge is 2.15. The predicted molar refractivity (Wildman–Crippen MR) is 85.6 cm³/mol. The third-order valence-corrected chi connectivity index (χ3v) is 4.06. The molecule has 112 valence electrons. The van der Waals surface area contributed by atoms with E-state index in [1.54, 1.807) is 12.1 Å². The summed E-state index contributed by atoms with van der Waals surface area (Å²) in [5, 5.41) is 0.718.